The minimum Gasteiger partial charge on any atom is -0.352 e. The van der Waals surface area contributed by atoms with Crippen LogP contribution < -0.4 is 5.32 Å². The van der Waals surface area contributed by atoms with Crippen LogP contribution in [0.4, 0.5) is 0 Å². The first-order valence-corrected chi connectivity index (χ1v) is 14.4. The van der Waals surface area contributed by atoms with Gasteiger partial charge in [0.05, 0.1) is 0 Å². The van der Waals surface area contributed by atoms with Crippen molar-refractivity contribution in [2.75, 3.05) is 5.75 Å². The van der Waals surface area contributed by atoms with Crippen LogP contribution in [-0.4, -0.2) is 34.6 Å². The SMILES string of the molecule is Cc1ccc(SCCC(=O)N(Cc2cccc(C)c2)C(Cc2ccccc2)C(=O)NC2CCCC2)cc1. The Bertz CT molecular complexity index is 1160. The van der Waals surface area contributed by atoms with Crippen LogP contribution in [-0.2, 0) is 22.6 Å². The number of benzene rings is 3. The Morgan fingerprint density at radius 2 is 1.59 bits per heavy atom. The Balaban J connectivity index is 1.56. The summed E-state index contributed by atoms with van der Waals surface area (Å²) in [6.07, 6.45) is 5.22. The second-order valence-corrected chi connectivity index (χ2v) is 11.3. The third-order valence-electron chi connectivity index (χ3n) is 7.01. The van der Waals surface area contributed by atoms with Crippen molar-refractivity contribution in [1.29, 1.82) is 0 Å². The molecular formula is C32H38N2O2S. The first-order chi connectivity index (χ1) is 18.0. The summed E-state index contributed by atoms with van der Waals surface area (Å²) in [5, 5.41) is 3.28. The van der Waals surface area contributed by atoms with E-state index in [1.807, 2.05) is 47.4 Å². The van der Waals surface area contributed by atoms with Crippen molar-refractivity contribution in [2.24, 2.45) is 0 Å². The Hall–Kier alpha value is -3.05. The summed E-state index contributed by atoms with van der Waals surface area (Å²) in [7, 11) is 0. The van der Waals surface area contributed by atoms with E-state index in [9.17, 15) is 9.59 Å². The summed E-state index contributed by atoms with van der Waals surface area (Å²) < 4.78 is 0. The van der Waals surface area contributed by atoms with Crippen molar-refractivity contribution >= 4 is 23.6 Å². The summed E-state index contributed by atoms with van der Waals surface area (Å²) >= 11 is 1.69. The lowest BCUT2D eigenvalue weighted by molar-refractivity contribution is -0.141. The van der Waals surface area contributed by atoms with E-state index in [2.05, 4.69) is 55.6 Å². The van der Waals surface area contributed by atoms with Crippen LogP contribution in [0.2, 0.25) is 0 Å². The number of carbonyl (C=O) groups excluding carboxylic acids is 2. The molecule has 4 rings (SSSR count). The highest BCUT2D eigenvalue weighted by Gasteiger charge is 2.32. The van der Waals surface area contributed by atoms with Crippen LogP contribution in [0.25, 0.3) is 0 Å². The van der Waals surface area contributed by atoms with E-state index < -0.39 is 6.04 Å². The zero-order valence-corrected chi connectivity index (χ0v) is 22.8. The molecule has 5 heteroatoms. The van der Waals surface area contributed by atoms with Gasteiger partial charge in [-0.1, -0.05) is 90.7 Å². The molecule has 0 aliphatic heterocycles. The molecule has 0 aromatic heterocycles. The van der Waals surface area contributed by atoms with Crippen molar-refractivity contribution < 1.29 is 9.59 Å². The van der Waals surface area contributed by atoms with Gasteiger partial charge in [-0.3, -0.25) is 9.59 Å². The minimum absolute atomic E-state index is 0.0172. The quantitative estimate of drug-likeness (QED) is 0.298. The highest BCUT2D eigenvalue weighted by atomic mass is 32.2. The third kappa shape index (κ3) is 8.22. The number of aryl methyl sites for hydroxylation is 2. The van der Waals surface area contributed by atoms with Gasteiger partial charge >= 0.3 is 0 Å². The second kappa shape index (κ2) is 13.5. The topological polar surface area (TPSA) is 49.4 Å². The average molecular weight is 515 g/mol. The van der Waals surface area contributed by atoms with E-state index in [1.165, 1.54) is 5.56 Å². The van der Waals surface area contributed by atoms with Crippen molar-refractivity contribution in [3.8, 4) is 0 Å². The maximum Gasteiger partial charge on any atom is 0.243 e. The first kappa shape index (κ1) is 27.0. The minimum atomic E-state index is -0.555. The van der Waals surface area contributed by atoms with E-state index in [1.54, 1.807) is 11.8 Å². The molecule has 0 saturated heterocycles. The predicted molar refractivity (Wildman–Crippen MR) is 153 cm³/mol. The van der Waals surface area contributed by atoms with Crippen LogP contribution in [0.3, 0.4) is 0 Å². The molecule has 3 aromatic rings. The molecule has 0 spiro atoms. The Morgan fingerprint density at radius 3 is 2.30 bits per heavy atom. The van der Waals surface area contributed by atoms with E-state index in [0.717, 1.165) is 47.3 Å². The molecule has 1 fully saturated rings. The molecule has 0 heterocycles. The van der Waals surface area contributed by atoms with Gasteiger partial charge in [-0.05, 0) is 49.9 Å². The molecule has 3 aromatic carbocycles. The molecule has 0 bridgehead atoms. The van der Waals surface area contributed by atoms with Crippen LogP contribution in [0.5, 0.6) is 0 Å². The second-order valence-electron chi connectivity index (χ2n) is 10.1. The standard InChI is InChI=1S/C32H38N2O2S/c1-24-15-17-29(18-16-24)37-20-19-31(35)34(23-27-12-8-9-25(2)21-27)30(22-26-10-4-3-5-11-26)32(36)33-28-13-6-7-14-28/h3-5,8-12,15-18,21,28,30H,6-7,13-14,19-20,22-23H2,1-2H3,(H,33,36). The van der Waals surface area contributed by atoms with E-state index >= 15 is 0 Å². The van der Waals surface area contributed by atoms with Gasteiger partial charge in [0.1, 0.15) is 6.04 Å². The average Bonchev–Trinajstić information content (AvgIpc) is 3.41. The van der Waals surface area contributed by atoms with Gasteiger partial charge in [-0.25, -0.2) is 0 Å². The highest BCUT2D eigenvalue weighted by molar-refractivity contribution is 7.99. The normalized spacial score (nSPS) is 14.3. The molecule has 37 heavy (non-hydrogen) atoms. The van der Waals surface area contributed by atoms with E-state index in [4.69, 9.17) is 0 Å². The lowest BCUT2D eigenvalue weighted by Crippen LogP contribution is -2.52. The number of hydrogen-bond acceptors (Lipinski definition) is 3. The number of nitrogens with one attached hydrogen (secondary N) is 1. The Morgan fingerprint density at radius 1 is 0.892 bits per heavy atom. The molecule has 0 radical (unpaired) electrons. The zero-order valence-electron chi connectivity index (χ0n) is 22.0. The monoisotopic (exact) mass is 514 g/mol. The van der Waals surface area contributed by atoms with Crippen LogP contribution >= 0.6 is 11.8 Å². The number of rotatable bonds is 11. The fourth-order valence-corrected chi connectivity index (χ4v) is 5.80. The summed E-state index contributed by atoms with van der Waals surface area (Å²) in [6.45, 7) is 4.55. The number of nitrogens with zero attached hydrogens (tertiary/aromatic N) is 1. The highest BCUT2D eigenvalue weighted by Crippen LogP contribution is 2.23. The summed E-state index contributed by atoms with van der Waals surface area (Å²) in [4.78, 5) is 30.5. The van der Waals surface area contributed by atoms with Crippen molar-refractivity contribution in [2.45, 2.75) is 75.9 Å². The van der Waals surface area contributed by atoms with Crippen molar-refractivity contribution in [1.82, 2.24) is 10.2 Å². The summed E-state index contributed by atoms with van der Waals surface area (Å²) in [5.41, 5.74) is 4.48. The molecule has 194 valence electrons. The van der Waals surface area contributed by atoms with Crippen LogP contribution in [0, 0.1) is 13.8 Å². The number of carbonyl (C=O) groups is 2. The molecule has 4 nitrogen and oxygen atoms in total. The van der Waals surface area contributed by atoms with Gasteiger partial charge in [0.15, 0.2) is 0 Å². The summed E-state index contributed by atoms with van der Waals surface area (Å²) in [5.74, 6) is 0.653. The summed E-state index contributed by atoms with van der Waals surface area (Å²) in [6, 6.07) is 26.3. The fraction of sp³-hybridized carbons (Fsp3) is 0.375. The molecule has 1 N–H and O–H groups in total. The molecule has 1 atom stereocenters. The third-order valence-corrected chi connectivity index (χ3v) is 8.03. The van der Waals surface area contributed by atoms with Gasteiger partial charge in [-0.15, -0.1) is 11.8 Å². The largest absolute Gasteiger partial charge is 0.352 e. The lowest BCUT2D eigenvalue weighted by atomic mass is 10.0. The van der Waals surface area contributed by atoms with Crippen LogP contribution in [0.1, 0.15) is 54.4 Å². The molecule has 1 saturated carbocycles. The number of amides is 2. The fourth-order valence-electron chi connectivity index (χ4n) is 4.96. The van der Waals surface area contributed by atoms with Crippen molar-refractivity contribution in [3.63, 3.8) is 0 Å². The van der Waals surface area contributed by atoms with Gasteiger partial charge in [0, 0.05) is 36.1 Å². The molecular weight excluding hydrogens is 476 g/mol. The molecule has 2 amide bonds. The zero-order chi connectivity index (χ0) is 26.0. The predicted octanol–water partition coefficient (Wildman–Crippen LogP) is 6.48. The maximum absolute atomic E-state index is 13.8. The van der Waals surface area contributed by atoms with Gasteiger partial charge in [0.2, 0.25) is 11.8 Å². The van der Waals surface area contributed by atoms with E-state index in [-0.39, 0.29) is 17.9 Å². The molecule has 1 aliphatic carbocycles. The number of thioether (sulfide) groups is 1. The van der Waals surface area contributed by atoms with Gasteiger partial charge in [-0.2, -0.15) is 0 Å². The smallest absolute Gasteiger partial charge is 0.243 e. The Labute approximate surface area is 225 Å². The van der Waals surface area contributed by atoms with E-state index in [0.29, 0.717) is 25.1 Å². The number of hydrogen-bond donors (Lipinski definition) is 1. The van der Waals surface area contributed by atoms with Crippen molar-refractivity contribution in [3.05, 3.63) is 101 Å². The first-order valence-electron chi connectivity index (χ1n) is 13.4. The Kier molecular flexibility index (Phi) is 9.84. The molecule has 1 aliphatic rings. The van der Waals surface area contributed by atoms with Gasteiger partial charge in [0.25, 0.3) is 0 Å². The van der Waals surface area contributed by atoms with Crippen LogP contribution in [0.15, 0.2) is 83.8 Å². The van der Waals surface area contributed by atoms with Gasteiger partial charge < -0.3 is 10.2 Å². The lowest BCUT2D eigenvalue weighted by Gasteiger charge is -2.32. The molecule has 1 unspecified atom stereocenters. The maximum atomic E-state index is 13.8.